The Morgan fingerprint density at radius 3 is 1.10 bits per heavy atom. The first-order valence-electron chi connectivity index (χ1n) is 48.6. The minimum Gasteiger partial charge on any atom is -0.462 e. The molecule has 700 valence electrons. The molecule has 23 heteroatoms. The van der Waals surface area contributed by atoms with E-state index in [0.29, 0.717) is 105 Å². The van der Waals surface area contributed by atoms with Gasteiger partial charge in [-0.1, -0.05) is 39.5 Å². The highest BCUT2D eigenvalue weighted by Crippen LogP contribution is 2.69. The fraction of sp³-hybridized carbons (Fsp3) is 0.786. The lowest BCUT2D eigenvalue weighted by molar-refractivity contribution is -0.216. The monoisotopic (exact) mass is 1760 g/mol. The van der Waals surface area contributed by atoms with Crippen LogP contribution in [0.15, 0.2) is 72.9 Å². The second-order valence-corrected chi connectivity index (χ2v) is 43.2. The average molecular weight is 1760 g/mol. The first-order chi connectivity index (χ1) is 59.8. The van der Waals surface area contributed by atoms with Gasteiger partial charge >= 0.3 is 53.9 Å². The molecule has 0 aliphatic heterocycles. The predicted octanol–water partition coefficient (Wildman–Crippen LogP) is 19.4. The zero-order valence-corrected chi connectivity index (χ0v) is 77.7. The molecule has 0 heterocycles. The van der Waals surface area contributed by atoms with Crippen molar-refractivity contribution in [3.8, 4) is 0 Å². The van der Waals surface area contributed by atoms with Gasteiger partial charge < -0.3 is 61.6 Å². The zero-order chi connectivity index (χ0) is 90.5. The van der Waals surface area contributed by atoms with Gasteiger partial charge in [0.15, 0.2) is 0 Å². The predicted molar refractivity (Wildman–Crippen MR) is 469 cm³/mol. The first kappa shape index (κ1) is 96.6. The van der Waals surface area contributed by atoms with Gasteiger partial charge in [-0.2, -0.15) is 0 Å². The van der Waals surface area contributed by atoms with E-state index in [1.165, 1.54) is 167 Å². The van der Waals surface area contributed by atoms with E-state index in [2.05, 4.69) is 53.3 Å². The molecule has 0 aromatic carbocycles. The second-order valence-electron chi connectivity index (χ2n) is 43.2. The van der Waals surface area contributed by atoms with Crippen LogP contribution in [0.1, 0.15) is 288 Å². The largest absolute Gasteiger partial charge is 0.508 e. The van der Waals surface area contributed by atoms with Gasteiger partial charge in [0.2, 0.25) is 18.9 Å². The molecule has 0 aromatic heterocycles. The number of ketones is 1. The van der Waals surface area contributed by atoms with Gasteiger partial charge in [-0.3, -0.25) is 14.4 Å². The number of carbonyl (C=O) groups is 10. The van der Waals surface area contributed by atoms with Crippen LogP contribution in [0.2, 0.25) is 0 Å². The molecule has 0 saturated heterocycles. The fourth-order valence-corrected chi connectivity index (χ4v) is 28.9. The molecule has 22 aliphatic carbocycles. The smallest absolute Gasteiger partial charge is 0.462 e. The highest BCUT2D eigenvalue weighted by molar-refractivity contribution is 5.90. The van der Waals surface area contributed by atoms with Crippen molar-refractivity contribution in [2.45, 2.75) is 336 Å². The molecule has 126 heavy (non-hydrogen) atoms. The Kier molecular flexibility index (Phi) is 31.9. The number of fused-ring (bicyclic) bond motifs is 11. The average Bonchev–Trinajstić information content (AvgIpc) is 1.54. The molecule has 22 fully saturated rings. The van der Waals surface area contributed by atoms with E-state index in [1.807, 2.05) is 13.8 Å². The summed E-state index contributed by atoms with van der Waals surface area (Å²) in [4.78, 5) is 117. The van der Waals surface area contributed by atoms with Crippen molar-refractivity contribution in [2.75, 3.05) is 33.0 Å². The molecular formula is C103H150O23. The summed E-state index contributed by atoms with van der Waals surface area (Å²) in [5.74, 6) is 14.9. The SMILES string of the molecule is C=C(C)C(=O)OC(C)OC1C2CC3CC(C2)CC1C3.C=C(C)C(=O)OC(C)OC1CC2CC1C1C3CCC(C3)C21.C=C(C)C(=O)OC(C)OC1CC2CCC1C2.C=C(C)C(=O)OCCC(=O)C12CC3CC(CC(C3)C1)C2.C=C(C)C(=O)OCCOC(=O)CCC(=O)OC1(C)C2CC3CC(C2)CC1C3.C=C(C)C(=O)OCCOC(=O)OC1(C)C2CC3CC(C2)CC1C3. The Labute approximate surface area is 749 Å². The van der Waals surface area contributed by atoms with Crippen molar-refractivity contribution in [2.24, 2.45) is 142 Å². The van der Waals surface area contributed by atoms with E-state index in [1.54, 1.807) is 48.5 Å². The molecule has 13 unspecified atom stereocenters. The van der Waals surface area contributed by atoms with E-state index >= 15 is 0 Å². The zero-order valence-electron chi connectivity index (χ0n) is 77.7. The number of ether oxygens (including phenoxy) is 13. The Morgan fingerprint density at radius 1 is 0.310 bits per heavy atom. The van der Waals surface area contributed by atoms with Crippen LogP contribution < -0.4 is 0 Å². The summed E-state index contributed by atoms with van der Waals surface area (Å²) < 4.78 is 70.2. The third-order valence-electron chi connectivity index (χ3n) is 33.5. The fourth-order valence-electron chi connectivity index (χ4n) is 28.9. The van der Waals surface area contributed by atoms with Crippen LogP contribution in [0, 0.1) is 142 Å². The third-order valence-corrected chi connectivity index (χ3v) is 33.5. The van der Waals surface area contributed by atoms with Crippen LogP contribution in [-0.2, 0) is 105 Å². The number of Topliss-reactive ketones (excluding diaryl/α,β-unsaturated/α-hetero) is 1. The number of carbonyl (C=O) groups excluding carboxylic acids is 10. The lowest BCUT2D eigenvalue weighted by Gasteiger charge is -2.59. The molecular weight excluding hydrogens is 1610 g/mol. The number of rotatable bonds is 30. The normalized spacial score (nSPS) is 38.3. The van der Waals surface area contributed by atoms with E-state index in [9.17, 15) is 47.9 Å². The molecule has 0 aromatic rings. The summed E-state index contributed by atoms with van der Waals surface area (Å²) in [7, 11) is 0. The Hall–Kier alpha value is -6.98. The minimum absolute atomic E-state index is 0.00845. The van der Waals surface area contributed by atoms with Crippen LogP contribution in [0.5, 0.6) is 0 Å². The van der Waals surface area contributed by atoms with Crippen molar-refractivity contribution < 1.29 is 110 Å². The van der Waals surface area contributed by atoms with Crippen LogP contribution >= 0.6 is 0 Å². The second kappa shape index (κ2) is 41.6. The van der Waals surface area contributed by atoms with Gasteiger partial charge in [-0.25, -0.2) is 33.6 Å². The van der Waals surface area contributed by atoms with Crippen molar-refractivity contribution in [3.05, 3.63) is 72.9 Å². The van der Waals surface area contributed by atoms with Crippen LogP contribution in [0.25, 0.3) is 0 Å². The number of esters is 8. The van der Waals surface area contributed by atoms with Crippen molar-refractivity contribution in [1.82, 2.24) is 0 Å². The van der Waals surface area contributed by atoms with Gasteiger partial charge in [0, 0.05) is 45.3 Å². The lowest BCUT2D eigenvalue weighted by Crippen LogP contribution is -2.58. The number of hydrogen-bond donors (Lipinski definition) is 0. The molecule has 0 radical (unpaired) electrons. The summed E-state index contributed by atoms with van der Waals surface area (Å²) in [6, 6.07) is 0. The summed E-state index contributed by atoms with van der Waals surface area (Å²) in [5.41, 5.74) is 1.48. The summed E-state index contributed by atoms with van der Waals surface area (Å²) in [5, 5.41) is 0. The highest BCUT2D eigenvalue weighted by Gasteiger charge is 2.64. The van der Waals surface area contributed by atoms with Crippen molar-refractivity contribution in [1.29, 1.82) is 0 Å². The molecule has 23 nitrogen and oxygen atoms in total. The molecule has 13 atom stereocenters. The molecule has 22 saturated carbocycles. The maximum Gasteiger partial charge on any atom is 0.508 e. The highest BCUT2D eigenvalue weighted by atomic mass is 16.7. The Morgan fingerprint density at radius 2 is 0.675 bits per heavy atom. The van der Waals surface area contributed by atoms with Gasteiger partial charge in [-0.05, 0) is 405 Å². The topological polar surface area (TPSA) is 291 Å². The van der Waals surface area contributed by atoms with Crippen LogP contribution in [0.3, 0.4) is 0 Å². The molecule has 22 rings (SSSR count). The quantitative estimate of drug-likeness (QED) is 0.0161. The van der Waals surface area contributed by atoms with Crippen LogP contribution in [0.4, 0.5) is 4.79 Å². The molecule has 22 aliphatic rings. The van der Waals surface area contributed by atoms with Gasteiger partial charge in [0.05, 0.1) is 37.8 Å². The van der Waals surface area contributed by atoms with E-state index in [4.69, 9.17) is 61.6 Å². The lowest BCUT2D eigenvalue weighted by atomic mass is 9.48. The Bertz CT molecular complexity index is 3910. The molecule has 0 amide bonds. The van der Waals surface area contributed by atoms with Gasteiger partial charge in [0.25, 0.3) is 0 Å². The standard InChI is InChI=1S/C21H30O6.C18H26O5.C18H26O3.C17H24O3.C16H24O3.C13H20O3/c1-13(2)20(24)26-7-6-25-18(22)4-5-19(23)27-21(3)16-9-14-8-15(11-16)12-17(21)10-14;1-11(2)16(19)21-4-5-22-17(20)23-18(3)14-7-12-6-13(9-14)10-15(18)8-12;1-9(2)18(19)21-10(3)20-15-8-13-7-14(15)17-12-5-4-11(6-12)16(13)17;1-11(2)16(19)20-4-3-15(18)17-8-12-5-13(9-17)7-14(6-12)10-17;1-9(2)16(17)19-10(3)18-15-13-5-11-4-12(7-13)8-14(15)6-11;1-8(2)13(14)16-9(3)15-12-7-10-4-5-11(12)6-10/h14-17H,1,4-12H2,2-3H3;12-15H,1,4-10H2,2-3H3;10-17H,1,4-8H2,2-3H3;12-14H,1,3-10H2,2H3;10-15H,1,4-8H2,2-3H3;9-12H,1,4-7H2,2-3H3. The van der Waals surface area contributed by atoms with Crippen molar-refractivity contribution in [3.63, 3.8) is 0 Å². The first-order valence-corrected chi connectivity index (χ1v) is 48.6. The van der Waals surface area contributed by atoms with E-state index in [0.717, 1.165) is 120 Å². The third kappa shape index (κ3) is 23.5. The summed E-state index contributed by atoms with van der Waals surface area (Å²) >= 11 is 0. The molecule has 0 N–H and O–H groups in total. The van der Waals surface area contributed by atoms with Crippen LogP contribution in [-0.4, -0.2) is 141 Å². The molecule has 0 spiro atoms. The van der Waals surface area contributed by atoms with Gasteiger partial charge in [0.1, 0.15) is 43.4 Å². The maximum absolute atomic E-state index is 12.6. The van der Waals surface area contributed by atoms with E-state index < -0.39 is 42.9 Å². The minimum atomic E-state index is -0.647. The van der Waals surface area contributed by atoms with E-state index in [-0.39, 0.29) is 92.3 Å². The summed E-state index contributed by atoms with van der Waals surface area (Å²) in [6.45, 7) is 40.8. The molecule has 22 bridgehead atoms. The van der Waals surface area contributed by atoms with Crippen molar-refractivity contribution >= 4 is 59.7 Å². The summed E-state index contributed by atoms with van der Waals surface area (Å²) in [6.07, 6.45) is 37.4. The maximum atomic E-state index is 12.6. The number of hydrogen-bond acceptors (Lipinski definition) is 23. The van der Waals surface area contributed by atoms with Gasteiger partial charge in [-0.15, -0.1) is 0 Å². The Balaban J connectivity index is 0.000000130.